The molecule has 9 heteroatoms. The zero-order chi connectivity index (χ0) is 24.6. The van der Waals surface area contributed by atoms with Crippen LogP contribution >= 0.6 is 11.6 Å². The van der Waals surface area contributed by atoms with E-state index in [4.69, 9.17) is 25.8 Å². The molecule has 0 spiro atoms. The maximum atomic E-state index is 11.5. The van der Waals surface area contributed by atoms with Crippen LogP contribution in [0.25, 0.3) is 17.0 Å². The van der Waals surface area contributed by atoms with Crippen molar-refractivity contribution in [3.63, 3.8) is 0 Å². The second-order valence-electron chi connectivity index (χ2n) is 9.06. The summed E-state index contributed by atoms with van der Waals surface area (Å²) in [5.74, 6) is 0.346. The highest BCUT2D eigenvalue weighted by molar-refractivity contribution is 6.34. The summed E-state index contributed by atoms with van der Waals surface area (Å²) in [6.07, 6.45) is 6.00. The fourth-order valence-corrected chi connectivity index (χ4v) is 3.75. The molecule has 1 N–H and O–H groups in total. The third-order valence-electron chi connectivity index (χ3n) is 5.13. The number of fused-ring (bicyclic) bond motifs is 1. The third-order valence-corrected chi connectivity index (χ3v) is 5.48. The number of aromatic amines is 1. The Balaban J connectivity index is 1.45. The van der Waals surface area contributed by atoms with Crippen molar-refractivity contribution in [1.82, 2.24) is 19.8 Å². The number of carbonyl (C=O) groups is 1. The van der Waals surface area contributed by atoms with Gasteiger partial charge in [-0.15, -0.1) is 5.10 Å². The van der Waals surface area contributed by atoms with Gasteiger partial charge in [0.2, 0.25) is 0 Å². The standard InChI is InChI=1S/C25H33ClN4O4/c1-5-6-7-11-20(31)34-15-14-32-12-13-33-17-18-9-8-10-19(16-18)23-27-24-21(26)22(25(2,3)4)28-30(24)29-23/h8-10,14-16,28H,5-7,11-13,17H2,1-4H3/b15-14+. The van der Waals surface area contributed by atoms with Crippen molar-refractivity contribution in [3.05, 3.63) is 53.1 Å². The molecule has 3 rings (SSSR count). The first-order valence-electron chi connectivity index (χ1n) is 11.6. The number of benzene rings is 1. The Kier molecular flexibility index (Phi) is 9.12. The molecule has 0 amide bonds. The largest absolute Gasteiger partial charge is 0.496 e. The fourth-order valence-electron chi connectivity index (χ4n) is 3.30. The van der Waals surface area contributed by atoms with Crippen LogP contribution < -0.4 is 0 Å². The van der Waals surface area contributed by atoms with Gasteiger partial charge in [0.1, 0.15) is 24.2 Å². The molecule has 3 aromatic rings. The Labute approximate surface area is 205 Å². The summed E-state index contributed by atoms with van der Waals surface area (Å²) in [6.45, 7) is 9.52. The second-order valence-corrected chi connectivity index (χ2v) is 9.44. The van der Waals surface area contributed by atoms with Gasteiger partial charge >= 0.3 is 5.97 Å². The molecule has 0 aliphatic heterocycles. The van der Waals surface area contributed by atoms with Crippen LogP contribution in [0.1, 0.15) is 64.6 Å². The quantitative estimate of drug-likeness (QED) is 0.197. The number of carbonyl (C=O) groups excluding carboxylic acids is 1. The van der Waals surface area contributed by atoms with Gasteiger partial charge in [-0.2, -0.15) is 4.63 Å². The van der Waals surface area contributed by atoms with E-state index in [1.54, 1.807) is 4.63 Å². The topological polar surface area (TPSA) is 90.7 Å². The normalized spacial score (nSPS) is 12.0. The molecule has 8 nitrogen and oxygen atoms in total. The summed E-state index contributed by atoms with van der Waals surface area (Å²) in [7, 11) is 0. The van der Waals surface area contributed by atoms with Crippen LogP contribution in [0.3, 0.4) is 0 Å². The van der Waals surface area contributed by atoms with Gasteiger partial charge in [0.05, 0.1) is 18.9 Å². The lowest BCUT2D eigenvalue weighted by Crippen LogP contribution is -2.13. The van der Waals surface area contributed by atoms with E-state index < -0.39 is 0 Å². The highest BCUT2D eigenvalue weighted by Gasteiger charge is 2.24. The van der Waals surface area contributed by atoms with Crippen LogP contribution in [-0.4, -0.2) is 39.0 Å². The Bertz CT molecular complexity index is 1110. The molecular weight excluding hydrogens is 456 g/mol. The van der Waals surface area contributed by atoms with E-state index in [-0.39, 0.29) is 11.4 Å². The molecule has 2 heterocycles. The fraction of sp³-hybridized carbons (Fsp3) is 0.480. The molecule has 0 atom stereocenters. The van der Waals surface area contributed by atoms with E-state index in [2.05, 4.69) is 42.9 Å². The SMILES string of the molecule is CCCCCC(=O)O/C=C/OCCOCc1cccc(-c2nc3c(Cl)c(C(C)(C)C)[nH]n3n2)c1. The first kappa shape index (κ1) is 25.8. The second kappa shape index (κ2) is 12.0. The number of aromatic nitrogens is 4. The van der Waals surface area contributed by atoms with E-state index in [9.17, 15) is 4.79 Å². The molecule has 0 saturated heterocycles. The Morgan fingerprint density at radius 3 is 2.76 bits per heavy atom. The van der Waals surface area contributed by atoms with E-state index in [1.165, 1.54) is 12.5 Å². The summed E-state index contributed by atoms with van der Waals surface area (Å²) in [4.78, 5) is 16.1. The summed E-state index contributed by atoms with van der Waals surface area (Å²) < 4.78 is 17.5. The van der Waals surface area contributed by atoms with Crippen LogP contribution in [0.2, 0.25) is 5.02 Å². The van der Waals surface area contributed by atoms with Crippen molar-refractivity contribution in [2.75, 3.05) is 13.2 Å². The monoisotopic (exact) mass is 488 g/mol. The molecule has 0 unspecified atom stereocenters. The molecule has 0 bridgehead atoms. The van der Waals surface area contributed by atoms with Crippen molar-refractivity contribution >= 4 is 23.2 Å². The molecule has 2 aromatic heterocycles. The Hall–Kier alpha value is -2.84. The first-order chi connectivity index (χ1) is 16.3. The van der Waals surface area contributed by atoms with Crippen molar-refractivity contribution in [3.8, 4) is 11.4 Å². The highest BCUT2D eigenvalue weighted by atomic mass is 35.5. The van der Waals surface area contributed by atoms with Crippen LogP contribution in [0.15, 0.2) is 36.8 Å². The van der Waals surface area contributed by atoms with Crippen LogP contribution in [0.5, 0.6) is 0 Å². The maximum absolute atomic E-state index is 11.5. The molecule has 0 radical (unpaired) electrons. The first-order valence-corrected chi connectivity index (χ1v) is 11.9. The zero-order valence-electron chi connectivity index (χ0n) is 20.3. The van der Waals surface area contributed by atoms with Crippen molar-refractivity contribution in [2.24, 2.45) is 0 Å². The number of nitrogens with zero attached hydrogens (tertiary/aromatic N) is 3. The van der Waals surface area contributed by atoms with Gasteiger partial charge in [-0.25, -0.2) is 4.98 Å². The number of unbranched alkanes of at least 4 members (excludes halogenated alkanes) is 2. The summed E-state index contributed by atoms with van der Waals surface area (Å²) in [5.41, 5.74) is 3.26. The molecular formula is C25H33ClN4O4. The zero-order valence-corrected chi connectivity index (χ0v) is 21.0. The molecule has 34 heavy (non-hydrogen) atoms. The molecule has 0 saturated carbocycles. The van der Waals surface area contributed by atoms with Crippen LogP contribution in [-0.2, 0) is 31.0 Å². The Morgan fingerprint density at radius 1 is 1.21 bits per heavy atom. The number of esters is 1. The number of hydrogen-bond acceptors (Lipinski definition) is 6. The van der Waals surface area contributed by atoms with Gasteiger partial charge in [0.25, 0.3) is 0 Å². The van der Waals surface area contributed by atoms with E-state index in [1.807, 2.05) is 24.3 Å². The summed E-state index contributed by atoms with van der Waals surface area (Å²) in [6, 6.07) is 7.87. The Morgan fingerprint density at radius 2 is 2.03 bits per heavy atom. The van der Waals surface area contributed by atoms with Crippen molar-refractivity contribution in [2.45, 2.75) is 65.4 Å². The minimum Gasteiger partial charge on any atom is -0.496 e. The number of ether oxygens (including phenoxy) is 3. The summed E-state index contributed by atoms with van der Waals surface area (Å²) in [5, 5.41) is 8.37. The molecule has 0 aliphatic rings. The minimum absolute atomic E-state index is 0.130. The van der Waals surface area contributed by atoms with Crippen molar-refractivity contribution in [1.29, 1.82) is 0 Å². The average molecular weight is 489 g/mol. The van der Waals surface area contributed by atoms with Gasteiger partial charge < -0.3 is 14.2 Å². The number of rotatable bonds is 12. The van der Waals surface area contributed by atoms with Crippen LogP contribution in [0, 0.1) is 0 Å². The number of halogens is 1. The maximum Gasteiger partial charge on any atom is 0.310 e. The predicted octanol–water partition coefficient (Wildman–Crippen LogP) is 5.80. The van der Waals surface area contributed by atoms with Gasteiger partial charge in [0.15, 0.2) is 11.5 Å². The van der Waals surface area contributed by atoms with Gasteiger partial charge in [-0.05, 0) is 18.1 Å². The van der Waals surface area contributed by atoms with Crippen molar-refractivity contribution < 1.29 is 19.0 Å². The number of nitrogens with one attached hydrogen (secondary N) is 1. The number of H-pyrrole nitrogens is 1. The molecule has 0 fully saturated rings. The van der Waals surface area contributed by atoms with E-state index in [0.29, 0.717) is 42.7 Å². The minimum atomic E-state index is -0.245. The molecule has 1 aromatic carbocycles. The lowest BCUT2D eigenvalue weighted by Gasteiger charge is -2.16. The van der Waals surface area contributed by atoms with Gasteiger partial charge in [-0.3, -0.25) is 9.89 Å². The smallest absolute Gasteiger partial charge is 0.310 e. The van der Waals surface area contributed by atoms with E-state index in [0.717, 1.165) is 36.1 Å². The average Bonchev–Trinajstić information content (AvgIpc) is 3.35. The number of hydrogen-bond donors (Lipinski definition) is 1. The van der Waals surface area contributed by atoms with Crippen LogP contribution in [0.4, 0.5) is 0 Å². The lowest BCUT2D eigenvalue weighted by atomic mass is 9.92. The third kappa shape index (κ3) is 7.08. The molecule has 0 aliphatic carbocycles. The molecule has 184 valence electrons. The lowest BCUT2D eigenvalue weighted by molar-refractivity contribution is -0.138. The van der Waals surface area contributed by atoms with Gasteiger partial charge in [0, 0.05) is 17.4 Å². The van der Waals surface area contributed by atoms with E-state index >= 15 is 0 Å². The summed E-state index contributed by atoms with van der Waals surface area (Å²) >= 11 is 6.53. The highest BCUT2D eigenvalue weighted by Crippen LogP contribution is 2.31. The predicted molar refractivity (Wildman–Crippen MR) is 131 cm³/mol. The van der Waals surface area contributed by atoms with Gasteiger partial charge in [-0.1, -0.05) is 70.3 Å².